The van der Waals surface area contributed by atoms with E-state index in [2.05, 4.69) is 4.98 Å². The third kappa shape index (κ3) is 3.43. The number of hydrogen-bond donors (Lipinski definition) is 1. The van der Waals surface area contributed by atoms with Crippen molar-refractivity contribution in [1.29, 1.82) is 0 Å². The lowest BCUT2D eigenvalue weighted by Gasteiger charge is -2.11. The van der Waals surface area contributed by atoms with Gasteiger partial charge in [0, 0.05) is 5.39 Å². The Morgan fingerprint density at radius 3 is 2.50 bits per heavy atom. The summed E-state index contributed by atoms with van der Waals surface area (Å²) in [5.74, 6) is -0.967. The van der Waals surface area contributed by atoms with Crippen LogP contribution in [0.2, 0.25) is 0 Å². The lowest BCUT2D eigenvalue weighted by Crippen LogP contribution is -2.22. The maximum atomic E-state index is 14.0. The maximum Gasteiger partial charge on any atom is 0.344 e. The van der Waals surface area contributed by atoms with E-state index in [9.17, 15) is 9.18 Å². The molecule has 3 aromatic rings. The van der Waals surface area contributed by atoms with E-state index in [0.29, 0.717) is 17.0 Å². The van der Waals surface area contributed by atoms with Crippen LogP contribution >= 0.6 is 0 Å². The molecule has 1 N–H and O–H groups in total. The van der Waals surface area contributed by atoms with Gasteiger partial charge < -0.3 is 14.6 Å². The molecule has 1 atom stereocenters. The second-order valence-electron chi connectivity index (χ2n) is 5.14. The zero-order chi connectivity index (χ0) is 17.1. The molecular weight excluding hydrogens is 313 g/mol. The van der Waals surface area contributed by atoms with E-state index in [4.69, 9.17) is 14.6 Å². The van der Waals surface area contributed by atoms with E-state index < -0.39 is 18.0 Å². The number of nitrogens with zero attached hydrogens (tertiary/aromatic N) is 1. The van der Waals surface area contributed by atoms with Crippen molar-refractivity contribution in [2.75, 3.05) is 0 Å². The van der Waals surface area contributed by atoms with Crippen LogP contribution in [0.4, 0.5) is 4.39 Å². The summed E-state index contributed by atoms with van der Waals surface area (Å²) in [6.45, 7) is 1.43. The van der Waals surface area contributed by atoms with Crippen molar-refractivity contribution in [3.63, 3.8) is 0 Å². The number of pyridine rings is 1. The van der Waals surface area contributed by atoms with Crippen LogP contribution in [0.15, 0.2) is 54.6 Å². The smallest absolute Gasteiger partial charge is 0.344 e. The predicted octanol–water partition coefficient (Wildman–Crippen LogP) is 4.02. The minimum atomic E-state index is -1.06. The average Bonchev–Trinajstić information content (AvgIpc) is 2.57. The first kappa shape index (κ1) is 15.7. The molecule has 0 radical (unpaired) electrons. The number of benzene rings is 2. The number of rotatable bonds is 5. The SMILES string of the molecule is CC(Oc1ccc(Oc2cc3ccccc3nc2F)cc1)C(=O)O. The van der Waals surface area contributed by atoms with Gasteiger partial charge in [-0.2, -0.15) is 4.39 Å². The topological polar surface area (TPSA) is 68.7 Å². The zero-order valence-corrected chi connectivity index (χ0v) is 12.8. The first-order valence-corrected chi connectivity index (χ1v) is 7.25. The Labute approximate surface area is 137 Å². The van der Waals surface area contributed by atoms with Crippen molar-refractivity contribution in [1.82, 2.24) is 4.98 Å². The van der Waals surface area contributed by atoms with Gasteiger partial charge in [0.15, 0.2) is 11.9 Å². The zero-order valence-electron chi connectivity index (χ0n) is 12.8. The summed E-state index contributed by atoms with van der Waals surface area (Å²) in [6, 6.07) is 15.0. The third-order valence-corrected chi connectivity index (χ3v) is 3.36. The van der Waals surface area contributed by atoms with Crippen LogP contribution in [-0.2, 0) is 4.79 Å². The highest BCUT2D eigenvalue weighted by Gasteiger charge is 2.13. The van der Waals surface area contributed by atoms with Crippen molar-refractivity contribution in [2.24, 2.45) is 0 Å². The Morgan fingerprint density at radius 2 is 1.79 bits per heavy atom. The number of fused-ring (bicyclic) bond motifs is 1. The van der Waals surface area contributed by atoms with Crippen molar-refractivity contribution in [3.8, 4) is 17.2 Å². The first-order chi connectivity index (χ1) is 11.5. The van der Waals surface area contributed by atoms with Crippen molar-refractivity contribution < 1.29 is 23.8 Å². The van der Waals surface area contributed by atoms with Gasteiger partial charge in [-0.25, -0.2) is 9.78 Å². The summed E-state index contributed by atoms with van der Waals surface area (Å²) in [5, 5.41) is 9.58. The lowest BCUT2D eigenvalue weighted by atomic mass is 10.2. The fourth-order valence-corrected chi connectivity index (χ4v) is 2.11. The van der Waals surface area contributed by atoms with Gasteiger partial charge in [-0.1, -0.05) is 18.2 Å². The number of ether oxygens (including phenoxy) is 2. The fraction of sp³-hybridized carbons (Fsp3) is 0.111. The van der Waals surface area contributed by atoms with Crippen LogP contribution in [-0.4, -0.2) is 22.2 Å². The van der Waals surface area contributed by atoms with Crippen LogP contribution in [0.25, 0.3) is 10.9 Å². The van der Waals surface area contributed by atoms with Crippen molar-refractivity contribution in [3.05, 3.63) is 60.5 Å². The summed E-state index contributed by atoms with van der Waals surface area (Å²) >= 11 is 0. The molecule has 1 aromatic heterocycles. The first-order valence-electron chi connectivity index (χ1n) is 7.25. The molecule has 0 aliphatic carbocycles. The molecular formula is C18H14FNO4. The molecule has 0 aliphatic rings. The Kier molecular flexibility index (Phi) is 4.29. The average molecular weight is 327 g/mol. The molecule has 0 spiro atoms. The van der Waals surface area contributed by atoms with Gasteiger partial charge in [-0.3, -0.25) is 0 Å². The molecule has 2 aromatic carbocycles. The molecule has 0 bridgehead atoms. The molecule has 5 nitrogen and oxygen atoms in total. The van der Waals surface area contributed by atoms with Crippen LogP contribution in [0, 0.1) is 5.95 Å². The number of carbonyl (C=O) groups is 1. The fourth-order valence-electron chi connectivity index (χ4n) is 2.11. The second-order valence-corrected chi connectivity index (χ2v) is 5.14. The number of para-hydroxylation sites is 1. The molecule has 0 aliphatic heterocycles. The highest BCUT2D eigenvalue weighted by molar-refractivity contribution is 5.79. The van der Waals surface area contributed by atoms with Crippen LogP contribution in [0.1, 0.15) is 6.92 Å². The van der Waals surface area contributed by atoms with Gasteiger partial charge in [-0.15, -0.1) is 0 Å². The number of carboxylic acids is 1. The third-order valence-electron chi connectivity index (χ3n) is 3.36. The molecule has 1 unspecified atom stereocenters. The summed E-state index contributed by atoms with van der Waals surface area (Å²) in [4.78, 5) is 14.6. The summed E-state index contributed by atoms with van der Waals surface area (Å²) < 4.78 is 24.8. The number of carboxylic acid groups (broad SMARTS) is 1. The molecule has 1 heterocycles. The van der Waals surface area contributed by atoms with Crippen molar-refractivity contribution in [2.45, 2.75) is 13.0 Å². The van der Waals surface area contributed by atoms with E-state index in [-0.39, 0.29) is 5.75 Å². The summed E-state index contributed by atoms with van der Waals surface area (Å²) in [5.41, 5.74) is 0.550. The molecule has 0 saturated carbocycles. The van der Waals surface area contributed by atoms with E-state index in [1.807, 2.05) is 12.1 Å². The minimum Gasteiger partial charge on any atom is -0.479 e. The Balaban J connectivity index is 1.79. The highest BCUT2D eigenvalue weighted by Crippen LogP contribution is 2.28. The van der Waals surface area contributed by atoms with Gasteiger partial charge in [0.1, 0.15) is 11.5 Å². The predicted molar refractivity (Wildman–Crippen MR) is 85.9 cm³/mol. The number of hydrogen-bond acceptors (Lipinski definition) is 4. The largest absolute Gasteiger partial charge is 0.479 e. The Hall–Kier alpha value is -3.15. The number of halogens is 1. The molecule has 0 amide bonds. The van der Waals surface area contributed by atoms with Gasteiger partial charge in [-0.05, 0) is 43.3 Å². The second kappa shape index (κ2) is 6.54. The normalized spacial score (nSPS) is 11.9. The lowest BCUT2D eigenvalue weighted by molar-refractivity contribution is -0.144. The molecule has 0 fully saturated rings. The molecule has 0 saturated heterocycles. The minimum absolute atomic E-state index is 0.0151. The molecule has 3 rings (SSSR count). The van der Waals surface area contributed by atoms with Gasteiger partial charge in [0.05, 0.1) is 5.52 Å². The van der Waals surface area contributed by atoms with Gasteiger partial charge in [0.25, 0.3) is 5.95 Å². The van der Waals surface area contributed by atoms with Crippen LogP contribution in [0.3, 0.4) is 0 Å². The quantitative estimate of drug-likeness (QED) is 0.717. The number of aliphatic carboxylic acids is 1. The Morgan fingerprint density at radius 1 is 1.12 bits per heavy atom. The summed E-state index contributed by atoms with van der Waals surface area (Å²) in [6.07, 6.45) is -0.959. The molecule has 122 valence electrons. The van der Waals surface area contributed by atoms with Gasteiger partial charge in [0.2, 0.25) is 0 Å². The molecule has 24 heavy (non-hydrogen) atoms. The Bertz CT molecular complexity index is 880. The monoisotopic (exact) mass is 327 g/mol. The summed E-state index contributed by atoms with van der Waals surface area (Å²) in [7, 11) is 0. The van der Waals surface area contributed by atoms with E-state index in [1.54, 1.807) is 42.5 Å². The van der Waals surface area contributed by atoms with E-state index in [1.165, 1.54) is 6.92 Å². The highest BCUT2D eigenvalue weighted by atomic mass is 19.1. The number of aromatic nitrogens is 1. The molecule has 6 heteroatoms. The van der Waals surface area contributed by atoms with Gasteiger partial charge >= 0.3 is 5.97 Å². The van der Waals surface area contributed by atoms with Crippen LogP contribution < -0.4 is 9.47 Å². The van der Waals surface area contributed by atoms with E-state index >= 15 is 0 Å². The van der Waals surface area contributed by atoms with Crippen molar-refractivity contribution >= 4 is 16.9 Å². The maximum absolute atomic E-state index is 14.0. The van der Waals surface area contributed by atoms with E-state index in [0.717, 1.165) is 5.39 Å². The van der Waals surface area contributed by atoms with Crippen LogP contribution in [0.5, 0.6) is 17.2 Å². The standard InChI is InChI=1S/C18H14FNO4/c1-11(18(21)22)23-13-6-8-14(9-7-13)24-16-10-12-4-2-3-5-15(12)20-17(16)19/h2-11H,1H3,(H,21,22).